The molecule has 0 aliphatic rings. The molecule has 0 bridgehead atoms. The van der Waals surface area contributed by atoms with Crippen molar-refractivity contribution in [1.29, 1.82) is 0 Å². The largest absolute Gasteiger partial charge is 0.307 e. The molecule has 0 aliphatic carbocycles. The Balaban J connectivity index is 1.95. The van der Waals surface area contributed by atoms with Gasteiger partial charge in [-0.3, -0.25) is 4.98 Å². The van der Waals surface area contributed by atoms with E-state index in [0.717, 1.165) is 21.4 Å². The monoisotopic (exact) mass is 266 g/mol. The second kappa shape index (κ2) is 5.86. The molecule has 0 saturated heterocycles. The van der Waals surface area contributed by atoms with Gasteiger partial charge in [0.25, 0.3) is 0 Å². The minimum absolute atomic E-state index is 0.560. The standard InChI is InChI=1S/C11H11ClN4S/c12-8-1-3-10(4-2-8)17-7-9-5-15-11(16-13)6-14-9/h1-6H,7,13H2,(H,15,16). The summed E-state index contributed by atoms with van der Waals surface area (Å²) >= 11 is 7.49. The Bertz CT molecular complexity index is 472. The highest BCUT2D eigenvalue weighted by Gasteiger charge is 1.99. The zero-order chi connectivity index (χ0) is 12.1. The zero-order valence-electron chi connectivity index (χ0n) is 8.93. The Kier molecular flexibility index (Phi) is 4.19. The molecule has 0 radical (unpaired) electrons. The molecule has 0 fully saturated rings. The van der Waals surface area contributed by atoms with Crippen LogP contribution in [0.5, 0.6) is 0 Å². The number of thioether (sulfide) groups is 1. The van der Waals surface area contributed by atoms with Gasteiger partial charge in [-0.1, -0.05) is 11.6 Å². The molecule has 88 valence electrons. The Morgan fingerprint density at radius 3 is 2.53 bits per heavy atom. The molecule has 0 spiro atoms. The maximum Gasteiger partial charge on any atom is 0.158 e. The molecule has 4 nitrogen and oxygen atoms in total. The van der Waals surface area contributed by atoms with E-state index >= 15 is 0 Å². The zero-order valence-corrected chi connectivity index (χ0v) is 10.5. The predicted molar refractivity (Wildman–Crippen MR) is 70.9 cm³/mol. The number of anilines is 1. The molecule has 0 saturated carbocycles. The van der Waals surface area contributed by atoms with Crippen molar-refractivity contribution in [2.75, 3.05) is 5.43 Å². The van der Waals surface area contributed by atoms with Gasteiger partial charge in [0.15, 0.2) is 5.82 Å². The lowest BCUT2D eigenvalue weighted by Gasteiger charge is -2.02. The smallest absolute Gasteiger partial charge is 0.158 e. The third-order valence-electron chi connectivity index (χ3n) is 2.05. The average molecular weight is 267 g/mol. The van der Waals surface area contributed by atoms with Gasteiger partial charge in [0.1, 0.15) is 0 Å². The van der Waals surface area contributed by atoms with Crippen LogP contribution < -0.4 is 11.3 Å². The number of nitrogens with two attached hydrogens (primary N) is 1. The second-order valence-electron chi connectivity index (χ2n) is 3.28. The minimum atomic E-state index is 0.560. The molecule has 2 rings (SSSR count). The Labute approximate surface area is 109 Å². The second-order valence-corrected chi connectivity index (χ2v) is 4.77. The number of hydrazine groups is 1. The molecular weight excluding hydrogens is 256 g/mol. The van der Waals surface area contributed by atoms with Crippen molar-refractivity contribution in [2.45, 2.75) is 10.6 Å². The molecule has 0 amide bonds. The summed E-state index contributed by atoms with van der Waals surface area (Å²) < 4.78 is 0. The van der Waals surface area contributed by atoms with Crippen molar-refractivity contribution in [3.63, 3.8) is 0 Å². The predicted octanol–water partition coefficient (Wildman–Crippen LogP) is 2.71. The Morgan fingerprint density at radius 2 is 1.94 bits per heavy atom. The average Bonchev–Trinajstić information content (AvgIpc) is 2.39. The van der Waals surface area contributed by atoms with Crippen molar-refractivity contribution in [3.05, 3.63) is 47.4 Å². The van der Waals surface area contributed by atoms with E-state index in [0.29, 0.717) is 5.82 Å². The van der Waals surface area contributed by atoms with Crippen LogP contribution in [0.4, 0.5) is 5.82 Å². The maximum atomic E-state index is 5.81. The summed E-state index contributed by atoms with van der Waals surface area (Å²) in [5, 5.41) is 0.743. The van der Waals surface area contributed by atoms with Crippen LogP contribution in [0.25, 0.3) is 0 Å². The Morgan fingerprint density at radius 1 is 1.18 bits per heavy atom. The normalized spacial score (nSPS) is 10.2. The summed E-state index contributed by atoms with van der Waals surface area (Å²) in [5.41, 5.74) is 3.35. The fraction of sp³-hybridized carbons (Fsp3) is 0.0909. The molecule has 1 aromatic carbocycles. The van der Waals surface area contributed by atoms with Gasteiger partial charge in [0.2, 0.25) is 0 Å². The highest BCUT2D eigenvalue weighted by Crippen LogP contribution is 2.23. The third-order valence-corrected chi connectivity index (χ3v) is 3.35. The first-order valence-electron chi connectivity index (χ1n) is 4.94. The van der Waals surface area contributed by atoms with Gasteiger partial charge in [0, 0.05) is 15.7 Å². The van der Waals surface area contributed by atoms with E-state index in [4.69, 9.17) is 17.4 Å². The lowest BCUT2D eigenvalue weighted by molar-refractivity contribution is 1.08. The minimum Gasteiger partial charge on any atom is -0.307 e. The molecule has 0 aliphatic heterocycles. The van der Waals surface area contributed by atoms with Crippen LogP contribution in [0, 0.1) is 0 Å². The van der Waals surface area contributed by atoms with E-state index in [1.165, 1.54) is 0 Å². The number of nitrogens with one attached hydrogen (secondary N) is 1. The summed E-state index contributed by atoms with van der Waals surface area (Å²) in [5.74, 6) is 6.53. The van der Waals surface area contributed by atoms with Crippen LogP contribution in [0.1, 0.15) is 5.69 Å². The van der Waals surface area contributed by atoms with Crippen molar-refractivity contribution >= 4 is 29.2 Å². The lowest BCUT2D eigenvalue weighted by atomic mass is 10.4. The number of nitrogens with zero attached hydrogens (tertiary/aromatic N) is 2. The first-order valence-corrected chi connectivity index (χ1v) is 6.30. The number of hydrogen-bond donors (Lipinski definition) is 2. The van der Waals surface area contributed by atoms with Crippen molar-refractivity contribution < 1.29 is 0 Å². The topological polar surface area (TPSA) is 63.8 Å². The number of rotatable bonds is 4. The SMILES string of the molecule is NNc1cnc(CSc2ccc(Cl)cc2)cn1. The summed E-state index contributed by atoms with van der Waals surface area (Å²) in [6.45, 7) is 0. The quantitative estimate of drug-likeness (QED) is 0.506. The van der Waals surface area contributed by atoms with Gasteiger partial charge in [0.05, 0.1) is 18.1 Å². The van der Waals surface area contributed by atoms with Crippen LogP contribution in [-0.2, 0) is 5.75 Å². The van der Waals surface area contributed by atoms with Crippen LogP contribution in [0.3, 0.4) is 0 Å². The highest BCUT2D eigenvalue weighted by atomic mass is 35.5. The molecule has 6 heteroatoms. The number of hydrogen-bond acceptors (Lipinski definition) is 5. The van der Waals surface area contributed by atoms with E-state index in [-0.39, 0.29) is 0 Å². The van der Waals surface area contributed by atoms with Crippen molar-refractivity contribution in [2.24, 2.45) is 5.84 Å². The summed E-state index contributed by atoms with van der Waals surface area (Å²) in [4.78, 5) is 9.47. The molecule has 0 atom stereocenters. The molecule has 1 heterocycles. The molecule has 2 aromatic rings. The summed E-state index contributed by atoms with van der Waals surface area (Å²) in [6.07, 6.45) is 3.32. The van der Waals surface area contributed by atoms with Crippen LogP contribution in [-0.4, -0.2) is 9.97 Å². The van der Waals surface area contributed by atoms with Gasteiger partial charge >= 0.3 is 0 Å². The van der Waals surface area contributed by atoms with Gasteiger partial charge in [-0.05, 0) is 24.3 Å². The first-order chi connectivity index (χ1) is 8.28. The molecular formula is C11H11ClN4S. The molecule has 1 aromatic heterocycles. The first kappa shape index (κ1) is 12.2. The van der Waals surface area contributed by atoms with Crippen molar-refractivity contribution in [1.82, 2.24) is 9.97 Å². The molecule has 17 heavy (non-hydrogen) atoms. The van der Waals surface area contributed by atoms with E-state index in [1.807, 2.05) is 24.3 Å². The van der Waals surface area contributed by atoms with Gasteiger partial charge in [-0.15, -0.1) is 11.8 Å². The van der Waals surface area contributed by atoms with E-state index < -0.39 is 0 Å². The van der Waals surface area contributed by atoms with E-state index in [9.17, 15) is 0 Å². The highest BCUT2D eigenvalue weighted by molar-refractivity contribution is 7.98. The Hall–Kier alpha value is -1.30. The number of benzene rings is 1. The lowest BCUT2D eigenvalue weighted by Crippen LogP contribution is -2.08. The maximum absolute atomic E-state index is 5.81. The van der Waals surface area contributed by atoms with E-state index in [2.05, 4.69) is 15.4 Å². The van der Waals surface area contributed by atoms with Gasteiger partial charge < -0.3 is 5.43 Å². The third kappa shape index (κ3) is 3.59. The van der Waals surface area contributed by atoms with E-state index in [1.54, 1.807) is 24.2 Å². The number of aromatic nitrogens is 2. The summed E-state index contributed by atoms with van der Waals surface area (Å²) in [7, 11) is 0. The summed E-state index contributed by atoms with van der Waals surface area (Å²) in [6, 6.07) is 7.71. The van der Waals surface area contributed by atoms with Crippen molar-refractivity contribution in [3.8, 4) is 0 Å². The number of halogens is 1. The molecule has 3 N–H and O–H groups in total. The molecule has 0 unspecified atom stereocenters. The van der Waals surface area contributed by atoms with Gasteiger partial charge in [-0.2, -0.15) is 0 Å². The van der Waals surface area contributed by atoms with Gasteiger partial charge in [-0.25, -0.2) is 10.8 Å². The number of nitrogen functional groups attached to an aromatic ring is 1. The van der Waals surface area contributed by atoms with Crippen LogP contribution in [0.2, 0.25) is 5.02 Å². The van der Waals surface area contributed by atoms with Crippen LogP contribution in [0.15, 0.2) is 41.6 Å². The van der Waals surface area contributed by atoms with Crippen LogP contribution >= 0.6 is 23.4 Å². The fourth-order valence-electron chi connectivity index (χ4n) is 1.19. The fourth-order valence-corrected chi connectivity index (χ4v) is 2.11.